The van der Waals surface area contributed by atoms with E-state index < -0.39 is 18.6 Å². The summed E-state index contributed by atoms with van der Waals surface area (Å²) in [6, 6.07) is 8.60. The Balaban J connectivity index is 1.38. The lowest BCUT2D eigenvalue weighted by atomic mass is 9.60. The molecule has 1 aromatic carbocycles. The molecule has 196 valence electrons. The van der Waals surface area contributed by atoms with Crippen molar-refractivity contribution in [3.63, 3.8) is 0 Å². The first kappa shape index (κ1) is 24.8. The highest BCUT2D eigenvalue weighted by atomic mass is 31.2. The molecular weight excluding hydrogens is 473 g/mol. The molecule has 0 amide bonds. The van der Waals surface area contributed by atoms with Gasteiger partial charge in [-0.05, 0) is 93.1 Å². The summed E-state index contributed by atoms with van der Waals surface area (Å²) in [5, 5.41) is 0. The minimum absolute atomic E-state index is 0.0808. The van der Waals surface area contributed by atoms with Crippen molar-refractivity contribution in [2.75, 3.05) is 0 Å². The van der Waals surface area contributed by atoms with Gasteiger partial charge in [0.1, 0.15) is 0 Å². The standard InChI is InChI=1S/C28H40N3O4P/c1-16-8-9-21-14-23(31-25-7-5-4-6-24(25)29-27(28(31)32)36(33,34)35)15-26(16)30(21)22-10-17(2)18(3)20-11-19(12-20)13-22/h4-7,16-23,26H,8-15H2,1-3H3,(H2,33,34,35)/t16?,17?,18?,19-,20+,21-,22+,23+,26?/m1/s1. The van der Waals surface area contributed by atoms with Crippen molar-refractivity contribution in [3.05, 3.63) is 34.6 Å². The molecule has 3 heterocycles. The predicted molar refractivity (Wildman–Crippen MR) is 141 cm³/mol. The van der Waals surface area contributed by atoms with Gasteiger partial charge in [-0.2, -0.15) is 0 Å². The minimum atomic E-state index is -4.79. The van der Waals surface area contributed by atoms with Gasteiger partial charge >= 0.3 is 7.60 Å². The smallest absolute Gasteiger partial charge is 0.320 e. The largest absolute Gasteiger partial charge is 0.380 e. The third-order valence-electron chi connectivity index (χ3n) is 10.5. The number of aromatic nitrogens is 2. The molecule has 7 rings (SSSR count). The first-order valence-corrected chi connectivity index (χ1v) is 15.6. The average Bonchev–Trinajstić information content (AvgIpc) is 2.79. The first-order valence-electron chi connectivity index (χ1n) is 14.0. The molecule has 7 atom stereocenters. The predicted octanol–water partition coefficient (Wildman–Crippen LogP) is 4.46. The van der Waals surface area contributed by atoms with Crippen LogP contribution in [0.15, 0.2) is 29.1 Å². The number of hydrogen-bond acceptors (Lipinski definition) is 4. The van der Waals surface area contributed by atoms with Crippen molar-refractivity contribution in [3.8, 4) is 0 Å². The molecule has 3 aliphatic carbocycles. The quantitative estimate of drug-likeness (QED) is 0.589. The van der Waals surface area contributed by atoms with Gasteiger partial charge in [0.05, 0.1) is 11.0 Å². The monoisotopic (exact) mass is 513 g/mol. The van der Waals surface area contributed by atoms with Crippen molar-refractivity contribution in [1.29, 1.82) is 0 Å². The summed E-state index contributed by atoms with van der Waals surface area (Å²) < 4.78 is 13.9. The molecule has 4 bridgehead atoms. The molecule has 0 radical (unpaired) electrons. The van der Waals surface area contributed by atoms with Gasteiger partial charge in [-0.1, -0.05) is 32.9 Å². The lowest BCUT2D eigenvalue weighted by Gasteiger charge is -2.57. The van der Waals surface area contributed by atoms with Gasteiger partial charge in [0.15, 0.2) is 0 Å². The third-order valence-corrected chi connectivity index (χ3v) is 11.3. The Morgan fingerprint density at radius 1 is 0.889 bits per heavy atom. The van der Waals surface area contributed by atoms with Crippen LogP contribution in [0, 0.1) is 29.6 Å². The summed E-state index contributed by atoms with van der Waals surface area (Å²) in [7, 11) is -4.79. The van der Waals surface area contributed by atoms with E-state index >= 15 is 0 Å². The van der Waals surface area contributed by atoms with E-state index in [2.05, 4.69) is 30.7 Å². The molecule has 8 heteroatoms. The van der Waals surface area contributed by atoms with E-state index in [1.807, 2.05) is 12.1 Å². The second-order valence-corrected chi connectivity index (χ2v) is 14.1. The molecule has 2 aromatic rings. The summed E-state index contributed by atoms with van der Waals surface area (Å²) in [5.41, 5.74) is -0.0967. The van der Waals surface area contributed by atoms with Crippen LogP contribution in [0.1, 0.15) is 78.2 Å². The van der Waals surface area contributed by atoms with Crippen molar-refractivity contribution in [2.24, 2.45) is 29.6 Å². The van der Waals surface area contributed by atoms with E-state index in [-0.39, 0.29) is 6.04 Å². The van der Waals surface area contributed by atoms with Crippen LogP contribution in [0.3, 0.4) is 0 Å². The maximum atomic E-state index is 13.5. The Labute approximate surface area is 213 Å². The Morgan fingerprint density at radius 3 is 2.39 bits per heavy atom. The van der Waals surface area contributed by atoms with Gasteiger partial charge in [0, 0.05) is 24.2 Å². The molecule has 5 aliphatic rings. The molecule has 36 heavy (non-hydrogen) atoms. The number of fused-ring (bicyclic) bond motifs is 8. The molecule has 7 nitrogen and oxygen atoms in total. The fraction of sp³-hybridized carbons (Fsp3) is 0.714. The minimum Gasteiger partial charge on any atom is -0.320 e. The van der Waals surface area contributed by atoms with E-state index in [0.717, 1.165) is 42.9 Å². The lowest BCUT2D eigenvalue weighted by Crippen LogP contribution is -2.61. The van der Waals surface area contributed by atoms with Gasteiger partial charge in [-0.3, -0.25) is 14.3 Å². The third kappa shape index (κ3) is 4.11. The van der Waals surface area contributed by atoms with Gasteiger partial charge in [0.2, 0.25) is 5.44 Å². The number of benzene rings is 1. The van der Waals surface area contributed by atoms with Crippen molar-refractivity contribution in [1.82, 2.24) is 14.5 Å². The van der Waals surface area contributed by atoms with E-state index in [9.17, 15) is 19.1 Å². The second-order valence-electron chi connectivity index (χ2n) is 12.6. The van der Waals surface area contributed by atoms with E-state index in [0.29, 0.717) is 35.1 Å². The Kier molecular flexibility index (Phi) is 6.23. The van der Waals surface area contributed by atoms with Crippen molar-refractivity contribution in [2.45, 2.75) is 96.3 Å². The zero-order chi connectivity index (χ0) is 25.4. The molecule has 1 aromatic heterocycles. The zero-order valence-electron chi connectivity index (χ0n) is 21.7. The maximum Gasteiger partial charge on any atom is 0.380 e. The summed E-state index contributed by atoms with van der Waals surface area (Å²) in [4.78, 5) is 40.3. The highest BCUT2D eigenvalue weighted by Gasteiger charge is 2.49. The number of nitrogens with zero attached hydrogens (tertiary/aromatic N) is 3. The first-order chi connectivity index (χ1) is 17.1. The fourth-order valence-electron chi connectivity index (χ4n) is 8.36. The zero-order valence-corrected chi connectivity index (χ0v) is 22.6. The second kappa shape index (κ2) is 9.04. The highest BCUT2D eigenvalue weighted by Crippen LogP contribution is 2.51. The number of hydrogen-bond donors (Lipinski definition) is 2. The highest BCUT2D eigenvalue weighted by molar-refractivity contribution is 7.59. The molecule has 5 fully saturated rings. The molecule has 2 saturated heterocycles. The van der Waals surface area contributed by atoms with E-state index in [4.69, 9.17) is 0 Å². The SMILES string of the molecule is CC1CC[C@@H]2C[C@H](n3c(=O)c(P(=O)(O)O)nc4ccccc43)CC1N2[C@H]1CC(C)C(C)[C@H]2C[C@@H](C1)C2. The Bertz CT molecular complexity index is 1250. The Hall–Kier alpha value is -1.53. The number of para-hydroxylation sites is 2. The normalized spacial score (nSPS) is 39.3. The van der Waals surface area contributed by atoms with E-state index in [1.165, 1.54) is 32.1 Å². The molecule has 0 spiro atoms. The number of rotatable bonds is 3. The van der Waals surface area contributed by atoms with Crippen LogP contribution >= 0.6 is 7.60 Å². The van der Waals surface area contributed by atoms with Crippen LogP contribution in [-0.4, -0.2) is 42.4 Å². The van der Waals surface area contributed by atoms with Crippen LogP contribution in [0.25, 0.3) is 11.0 Å². The van der Waals surface area contributed by atoms with Crippen LogP contribution in [0.5, 0.6) is 0 Å². The lowest BCUT2D eigenvalue weighted by molar-refractivity contribution is -0.0755. The molecule has 2 N–H and O–H groups in total. The molecular formula is C28H40N3O4P. The van der Waals surface area contributed by atoms with Gasteiger partial charge in [-0.25, -0.2) is 4.98 Å². The summed E-state index contributed by atoms with van der Waals surface area (Å²) in [5.74, 6) is 3.85. The summed E-state index contributed by atoms with van der Waals surface area (Å²) in [6.07, 6.45) is 9.40. The topological polar surface area (TPSA) is 95.7 Å². The fourth-order valence-corrected chi connectivity index (χ4v) is 8.95. The van der Waals surface area contributed by atoms with Crippen molar-refractivity contribution >= 4 is 24.1 Å². The average molecular weight is 514 g/mol. The summed E-state index contributed by atoms with van der Waals surface area (Å²) in [6.45, 7) is 7.27. The van der Waals surface area contributed by atoms with Gasteiger partial charge in [-0.15, -0.1) is 0 Å². The van der Waals surface area contributed by atoms with Crippen LogP contribution < -0.4 is 11.0 Å². The van der Waals surface area contributed by atoms with Crippen LogP contribution in [0.4, 0.5) is 0 Å². The molecule has 2 aliphatic heterocycles. The Morgan fingerprint density at radius 2 is 1.64 bits per heavy atom. The van der Waals surface area contributed by atoms with Crippen LogP contribution in [-0.2, 0) is 4.57 Å². The van der Waals surface area contributed by atoms with Gasteiger partial charge < -0.3 is 14.4 Å². The van der Waals surface area contributed by atoms with Crippen molar-refractivity contribution < 1.29 is 14.4 Å². The molecule has 3 saturated carbocycles. The van der Waals surface area contributed by atoms with E-state index in [1.54, 1.807) is 16.7 Å². The van der Waals surface area contributed by atoms with Gasteiger partial charge in [0.25, 0.3) is 5.56 Å². The maximum absolute atomic E-state index is 13.5. The number of piperidine rings is 2. The van der Waals surface area contributed by atoms with Crippen LogP contribution in [0.2, 0.25) is 0 Å². The summed E-state index contributed by atoms with van der Waals surface area (Å²) >= 11 is 0. The molecule has 4 unspecified atom stereocenters.